The van der Waals surface area contributed by atoms with Crippen molar-refractivity contribution in [2.75, 3.05) is 7.11 Å². The highest BCUT2D eigenvalue weighted by Gasteiger charge is 2.29. The molecule has 0 spiro atoms. The molecule has 0 bridgehead atoms. The predicted molar refractivity (Wildman–Crippen MR) is 109 cm³/mol. The molecule has 7 heteroatoms. The normalized spacial score (nSPS) is 11.7. The fourth-order valence-corrected chi connectivity index (χ4v) is 3.45. The van der Waals surface area contributed by atoms with Crippen LogP contribution in [0.5, 0.6) is 5.88 Å². The van der Waals surface area contributed by atoms with Crippen molar-refractivity contribution in [2.24, 2.45) is 0 Å². The summed E-state index contributed by atoms with van der Waals surface area (Å²) in [5, 5.41) is 1.06. The first kappa shape index (κ1) is 19.9. The summed E-state index contributed by atoms with van der Waals surface area (Å²) in [7, 11) is 1.59. The molecule has 4 rings (SSSR count). The van der Waals surface area contributed by atoms with Crippen LogP contribution in [-0.4, -0.2) is 22.1 Å². The van der Waals surface area contributed by atoms with E-state index < -0.39 is 11.7 Å². The zero-order valence-corrected chi connectivity index (χ0v) is 16.3. The number of aryl methyl sites for hydroxylation is 2. The number of ether oxygens (including phenoxy) is 1. The van der Waals surface area contributed by atoms with Gasteiger partial charge in [-0.05, 0) is 54.3 Å². The van der Waals surface area contributed by atoms with Crippen molar-refractivity contribution in [1.82, 2.24) is 15.0 Å². The van der Waals surface area contributed by atoms with Crippen LogP contribution in [-0.2, 0) is 25.4 Å². The van der Waals surface area contributed by atoms with Crippen LogP contribution in [0.15, 0.2) is 60.9 Å². The maximum Gasteiger partial charge on any atom is 0.416 e. The molecule has 1 aromatic carbocycles. The third-order valence-corrected chi connectivity index (χ3v) is 5.06. The number of hydrogen-bond acceptors (Lipinski definition) is 3. The molecule has 0 amide bonds. The van der Waals surface area contributed by atoms with Crippen LogP contribution >= 0.6 is 0 Å². The molecule has 0 aliphatic heterocycles. The number of hydrogen-bond donors (Lipinski definition) is 1. The standard InChI is InChI=1S/C23H20F3N3O/c1-30-22-16(13-17-14-28-21-20(17)3-2-12-27-21)7-11-19(29-22)10-6-15-4-8-18(9-5-15)23(24,25)26/h2-5,7-9,11-12,14H,6,10,13H2,1H3,(H,27,28). The minimum atomic E-state index is -4.32. The summed E-state index contributed by atoms with van der Waals surface area (Å²) in [6.45, 7) is 0. The van der Waals surface area contributed by atoms with Crippen LogP contribution in [0.25, 0.3) is 11.0 Å². The lowest BCUT2D eigenvalue weighted by Crippen LogP contribution is -2.05. The molecular formula is C23H20F3N3O. The van der Waals surface area contributed by atoms with Gasteiger partial charge in [-0.1, -0.05) is 18.2 Å². The first-order valence-corrected chi connectivity index (χ1v) is 9.54. The first-order chi connectivity index (χ1) is 14.4. The summed E-state index contributed by atoms with van der Waals surface area (Å²) in [6.07, 6.45) is 1.23. The SMILES string of the molecule is COc1nc(CCc2ccc(C(F)(F)F)cc2)ccc1Cc1c[nH]c2ncccc12. The van der Waals surface area contributed by atoms with Crippen LogP contribution in [0.4, 0.5) is 13.2 Å². The van der Waals surface area contributed by atoms with Gasteiger partial charge in [-0.15, -0.1) is 0 Å². The molecular weight excluding hydrogens is 391 g/mol. The Labute approximate surface area is 171 Å². The number of aromatic nitrogens is 3. The van der Waals surface area contributed by atoms with Crippen molar-refractivity contribution >= 4 is 11.0 Å². The molecule has 0 radical (unpaired) electrons. The second kappa shape index (κ2) is 8.18. The van der Waals surface area contributed by atoms with Crippen molar-refractivity contribution in [3.05, 3.63) is 88.9 Å². The summed E-state index contributed by atoms with van der Waals surface area (Å²) < 4.78 is 43.5. The van der Waals surface area contributed by atoms with Crippen molar-refractivity contribution in [3.8, 4) is 5.88 Å². The maximum atomic E-state index is 12.7. The molecule has 0 saturated heterocycles. The van der Waals surface area contributed by atoms with Crippen molar-refractivity contribution in [1.29, 1.82) is 0 Å². The van der Waals surface area contributed by atoms with Gasteiger partial charge < -0.3 is 9.72 Å². The Bertz CT molecular complexity index is 1150. The van der Waals surface area contributed by atoms with Gasteiger partial charge in [0.15, 0.2) is 0 Å². The third kappa shape index (κ3) is 4.30. The minimum Gasteiger partial charge on any atom is -0.481 e. The number of halogens is 3. The van der Waals surface area contributed by atoms with Gasteiger partial charge in [0.1, 0.15) is 5.65 Å². The molecule has 0 aliphatic carbocycles. The van der Waals surface area contributed by atoms with Gasteiger partial charge in [-0.3, -0.25) is 0 Å². The second-order valence-electron chi connectivity index (χ2n) is 7.06. The molecule has 4 nitrogen and oxygen atoms in total. The van der Waals surface area contributed by atoms with Crippen LogP contribution in [0.1, 0.15) is 27.9 Å². The average Bonchev–Trinajstić information content (AvgIpc) is 3.15. The number of benzene rings is 1. The van der Waals surface area contributed by atoms with Crippen molar-refractivity contribution in [2.45, 2.75) is 25.4 Å². The molecule has 0 aliphatic rings. The predicted octanol–water partition coefficient (Wildman–Crippen LogP) is 5.36. The highest BCUT2D eigenvalue weighted by molar-refractivity contribution is 5.79. The number of H-pyrrole nitrogens is 1. The molecule has 4 aromatic rings. The number of methoxy groups -OCH3 is 1. The number of rotatable bonds is 6. The quantitative estimate of drug-likeness (QED) is 0.465. The molecule has 3 heterocycles. The van der Waals surface area contributed by atoms with Gasteiger partial charge in [0.25, 0.3) is 0 Å². The van der Waals surface area contributed by atoms with Gasteiger partial charge in [0.05, 0.1) is 12.7 Å². The Morgan fingerprint density at radius 2 is 1.77 bits per heavy atom. The largest absolute Gasteiger partial charge is 0.481 e. The lowest BCUT2D eigenvalue weighted by Gasteiger charge is -2.10. The van der Waals surface area contributed by atoms with Crippen LogP contribution in [0.3, 0.4) is 0 Å². The Kier molecular flexibility index (Phi) is 5.44. The smallest absolute Gasteiger partial charge is 0.416 e. The van der Waals surface area contributed by atoms with Gasteiger partial charge in [-0.25, -0.2) is 9.97 Å². The van der Waals surface area contributed by atoms with Crippen molar-refractivity contribution in [3.63, 3.8) is 0 Å². The topological polar surface area (TPSA) is 50.8 Å². The molecule has 0 saturated carbocycles. The molecule has 154 valence electrons. The van der Waals surface area contributed by atoms with Gasteiger partial charge in [0.2, 0.25) is 5.88 Å². The molecule has 30 heavy (non-hydrogen) atoms. The molecule has 0 unspecified atom stereocenters. The van der Waals surface area contributed by atoms with E-state index in [1.165, 1.54) is 12.1 Å². The molecule has 1 N–H and O–H groups in total. The van der Waals surface area contributed by atoms with E-state index in [-0.39, 0.29) is 0 Å². The van der Waals surface area contributed by atoms with Gasteiger partial charge in [0, 0.05) is 35.5 Å². The number of nitrogens with zero attached hydrogens (tertiary/aromatic N) is 2. The summed E-state index contributed by atoms with van der Waals surface area (Å²) in [4.78, 5) is 12.1. The molecule has 3 aromatic heterocycles. The Morgan fingerprint density at radius 3 is 2.50 bits per heavy atom. The first-order valence-electron chi connectivity index (χ1n) is 9.54. The fraction of sp³-hybridized carbons (Fsp3) is 0.217. The van der Waals surface area contributed by atoms with E-state index in [2.05, 4.69) is 15.0 Å². The maximum absolute atomic E-state index is 12.7. The summed E-state index contributed by atoms with van der Waals surface area (Å²) in [5.41, 5.74) is 3.93. The highest BCUT2D eigenvalue weighted by Crippen LogP contribution is 2.29. The second-order valence-corrected chi connectivity index (χ2v) is 7.06. The zero-order valence-electron chi connectivity index (χ0n) is 16.3. The zero-order chi connectivity index (χ0) is 21.1. The number of aromatic amines is 1. The molecule has 0 fully saturated rings. The number of pyridine rings is 2. The molecule has 0 atom stereocenters. The summed E-state index contributed by atoms with van der Waals surface area (Å²) >= 11 is 0. The fourth-order valence-electron chi connectivity index (χ4n) is 3.45. The summed E-state index contributed by atoms with van der Waals surface area (Å²) in [5.74, 6) is 0.554. The lowest BCUT2D eigenvalue weighted by molar-refractivity contribution is -0.137. The number of fused-ring (bicyclic) bond motifs is 1. The van der Waals surface area contributed by atoms with E-state index in [0.29, 0.717) is 25.1 Å². The van der Waals surface area contributed by atoms with Crippen LogP contribution in [0.2, 0.25) is 0 Å². The van der Waals surface area contributed by atoms with Crippen molar-refractivity contribution < 1.29 is 17.9 Å². The van der Waals surface area contributed by atoms with E-state index >= 15 is 0 Å². The Balaban J connectivity index is 1.47. The van der Waals surface area contributed by atoms with Crippen LogP contribution in [0, 0.1) is 0 Å². The summed E-state index contributed by atoms with van der Waals surface area (Å²) in [6, 6.07) is 13.1. The lowest BCUT2D eigenvalue weighted by atomic mass is 10.0. The van der Waals surface area contributed by atoms with Crippen LogP contribution < -0.4 is 4.74 Å². The van der Waals surface area contributed by atoms with Gasteiger partial charge in [-0.2, -0.15) is 13.2 Å². The highest BCUT2D eigenvalue weighted by atomic mass is 19.4. The van der Waals surface area contributed by atoms with E-state index in [0.717, 1.165) is 45.6 Å². The minimum absolute atomic E-state index is 0.554. The Hall–Kier alpha value is -3.35. The van der Waals surface area contributed by atoms with E-state index in [1.54, 1.807) is 13.3 Å². The third-order valence-electron chi connectivity index (χ3n) is 5.06. The van der Waals surface area contributed by atoms with E-state index in [1.807, 2.05) is 30.5 Å². The average molecular weight is 411 g/mol. The number of alkyl halides is 3. The Morgan fingerprint density at radius 1 is 0.967 bits per heavy atom. The monoisotopic (exact) mass is 411 g/mol. The number of nitrogens with one attached hydrogen (secondary N) is 1. The van der Waals surface area contributed by atoms with E-state index in [4.69, 9.17) is 4.74 Å². The van der Waals surface area contributed by atoms with E-state index in [9.17, 15) is 13.2 Å². The van der Waals surface area contributed by atoms with Gasteiger partial charge >= 0.3 is 6.18 Å².